The Morgan fingerprint density at radius 3 is 2.44 bits per heavy atom. The van der Waals surface area contributed by atoms with Gasteiger partial charge in [-0.3, -0.25) is 0 Å². The van der Waals surface area contributed by atoms with Crippen LogP contribution in [0.1, 0.15) is 11.1 Å². The second-order valence-electron chi connectivity index (χ2n) is 4.00. The average Bonchev–Trinajstić information content (AvgIpc) is 2.36. The van der Waals surface area contributed by atoms with Gasteiger partial charge in [-0.1, -0.05) is 12.1 Å². The zero-order valence-electron chi connectivity index (χ0n) is 9.91. The molecule has 18 heavy (non-hydrogen) atoms. The molecule has 0 unspecified atom stereocenters. The summed E-state index contributed by atoms with van der Waals surface area (Å²) in [6, 6.07) is 8.80. The van der Waals surface area contributed by atoms with E-state index in [1.54, 1.807) is 19.1 Å². The van der Waals surface area contributed by atoms with E-state index in [9.17, 15) is 8.78 Å². The van der Waals surface area contributed by atoms with Crippen LogP contribution in [-0.4, -0.2) is 0 Å². The van der Waals surface area contributed by atoms with Crippen molar-refractivity contribution in [1.29, 1.82) is 0 Å². The Morgan fingerprint density at radius 1 is 1.00 bits per heavy atom. The van der Waals surface area contributed by atoms with Crippen molar-refractivity contribution in [3.05, 3.63) is 59.2 Å². The van der Waals surface area contributed by atoms with Gasteiger partial charge in [0.15, 0.2) is 23.1 Å². The maximum atomic E-state index is 13.7. The summed E-state index contributed by atoms with van der Waals surface area (Å²) < 4.78 is 32.3. The fourth-order valence-electron chi connectivity index (χ4n) is 1.56. The first-order chi connectivity index (χ1) is 8.60. The van der Waals surface area contributed by atoms with Crippen LogP contribution in [0, 0.1) is 18.6 Å². The van der Waals surface area contributed by atoms with Gasteiger partial charge in [0.25, 0.3) is 0 Å². The minimum absolute atomic E-state index is 0.00870. The molecule has 2 nitrogen and oxygen atoms in total. The molecule has 0 amide bonds. The number of nitrogens with two attached hydrogens (primary N) is 1. The van der Waals surface area contributed by atoms with Crippen molar-refractivity contribution in [2.75, 3.05) is 0 Å². The van der Waals surface area contributed by atoms with Gasteiger partial charge in [0.2, 0.25) is 0 Å². The lowest BCUT2D eigenvalue weighted by atomic mass is 10.2. The molecule has 0 heterocycles. The third-order valence-electron chi connectivity index (χ3n) is 2.54. The number of aryl methyl sites for hydroxylation is 1. The van der Waals surface area contributed by atoms with Crippen LogP contribution in [0.2, 0.25) is 0 Å². The van der Waals surface area contributed by atoms with E-state index >= 15 is 0 Å². The van der Waals surface area contributed by atoms with Gasteiger partial charge < -0.3 is 10.5 Å². The highest BCUT2D eigenvalue weighted by Crippen LogP contribution is 2.27. The van der Waals surface area contributed by atoms with Gasteiger partial charge in [0.1, 0.15) is 0 Å². The first-order valence-corrected chi connectivity index (χ1v) is 5.52. The number of rotatable bonds is 3. The van der Waals surface area contributed by atoms with Crippen molar-refractivity contribution < 1.29 is 13.5 Å². The zero-order chi connectivity index (χ0) is 13.1. The van der Waals surface area contributed by atoms with Crippen LogP contribution in [0.15, 0.2) is 36.4 Å². The molecule has 0 radical (unpaired) electrons. The van der Waals surface area contributed by atoms with E-state index in [2.05, 4.69) is 0 Å². The van der Waals surface area contributed by atoms with Crippen molar-refractivity contribution in [3.8, 4) is 11.5 Å². The van der Waals surface area contributed by atoms with Crippen LogP contribution in [0.25, 0.3) is 0 Å². The molecular weight excluding hydrogens is 236 g/mol. The maximum Gasteiger partial charge on any atom is 0.166 e. The van der Waals surface area contributed by atoms with Crippen molar-refractivity contribution in [3.63, 3.8) is 0 Å². The highest BCUT2D eigenvalue weighted by atomic mass is 19.1. The minimum atomic E-state index is -0.557. The quantitative estimate of drug-likeness (QED) is 0.903. The second kappa shape index (κ2) is 5.14. The van der Waals surface area contributed by atoms with E-state index in [0.29, 0.717) is 5.56 Å². The summed E-state index contributed by atoms with van der Waals surface area (Å²) in [6.07, 6.45) is 0. The summed E-state index contributed by atoms with van der Waals surface area (Å²) >= 11 is 0. The van der Waals surface area contributed by atoms with E-state index in [1.165, 1.54) is 24.3 Å². The highest BCUT2D eigenvalue weighted by molar-refractivity contribution is 5.36. The summed E-state index contributed by atoms with van der Waals surface area (Å²) in [5, 5.41) is 0. The molecule has 0 saturated carbocycles. The van der Waals surface area contributed by atoms with E-state index < -0.39 is 11.6 Å². The number of halogens is 2. The molecule has 0 aromatic heterocycles. The van der Waals surface area contributed by atoms with Crippen LogP contribution in [0.4, 0.5) is 8.78 Å². The molecule has 0 aliphatic rings. The third kappa shape index (κ3) is 2.65. The van der Waals surface area contributed by atoms with Gasteiger partial charge in [-0.25, -0.2) is 8.78 Å². The summed E-state index contributed by atoms with van der Waals surface area (Å²) in [5.74, 6) is -1.09. The van der Waals surface area contributed by atoms with Crippen molar-refractivity contribution >= 4 is 0 Å². The fourth-order valence-corrected chi connectivity index (χ4v) is 1.56. The predicted octanol–water partition coefficient (Wildman–Crippen LogP) is 3.52. The number of benzene rings is 2. The molecule has 0 aliphatic heterocycles. The number of hydrogen-bond donors (Lipinski definition) is 1. The highest BCUT2D eigenvalue weighted by Gasteiger charge is 2.09. The van der Waals surface area contributed by atoms with Gasteiger partial charge >= 0.3 is 0 Å². The van der Waals surface area contributed by atoms with Crippen LogP contribution in [0.3, 0.4) is 0 Å². The van der Waals surface area contributed by atoms with Gasteiger partial charge in [-0.15, -0.1) is 0 Å². The molecular formula is C14H13F2NO. The molecule has 0 fully saturated rings. The minimum Gasteiger partial charge on any atom is -0.451 e. The van der Waals surface area contributed by atoms with Gasteiger partial charge in [0, 0.05) is 6.54 Å². The van der Waals surface area contributed by atoms with E-state index in [0.717, 1.165) is 5.56 Å². The maximum absolute atomic E-state index is 13.7. The predicted molar refractivity (Wildman–Crippen MR) is 65.5 cm³/mol. The smallest absolute Gasteiger partial charge is 0.166 e. The van der Waals surface area contributed by atoms with Gasteiger partial charge in [0.05, 0.1) is 0 Å². The molecule has 94 valence electrons. The average molecular weight is 249 g/mol. The molecule has 4 heteroatoms. The number of hydrogen-bond acceptors (Lipinski definition) is 2. The Morgan fingerprint density at radius 2 is 1.78 bits per heavy atom. The first-order valence-electron chi connectivity index (χ1n) is 5.52. The molecule has 0 atom stereocenters. The normalized spacial score (nSPS) is 10.4. The topological polar surface area (TPSA) is 35.2 Å². The van der Waals surface area contributed by atoms with Crippen molar-refractivity contribution in [2.24, 2.45) is 5.73 Å². The molecule has 0 spiro atoms. The van der Waals surface area contributed by atoms with Gasteiger partial charge in [-0.2, -0.15) is 0 Å². The standard InChI is InChI=1S/C14H13F2NO/c1-9-2-4-11(15)14(6-9)18-13-5-3-10(8-17)7-12(13)16/h2-7H,8,17H2,1H3. The Balaban J connectivity index is 2.31. The van der Waals surface area contributed by atoms with Crippen LogP contribution in [0.5, 0.6) is 11.5 Å². The molecule has 0 bridgehead atoms. The molecule has 0 aliphatic carbocycles. The van der Waals surface area contributed by atoms with Crippen molar-refractivity contribution in [1.82, 2.24) is 0 Å². The Labute approximate surface area is 104 Å². The summed E-state index contributed by atoms with van der Waals surface area (Å²) in [6.45, 7) is 2.05. The van der Waals surface area contributed by atoms with E-state index in [-0.39, 0.29) is 18.0 Å². The summed E-state index contributed by atoms with van der Waals surface area (Å²) in [5.41, 5.74) is 6.89. The molecule has 2 N–H and O–H groups in total. The largest absolute Gasteiger partial charge is 0.451 e. The first kappa shape index (κ1) is 12.5. The number of ether oxygens (including phenoxy) is 1. The Bertz CT molecular complexity index is 570. The fraction of sp³-hybridized carbons (Fsp3) is 0.143. The summed E-state index contributed by atoms with van der Waals surface area (Å²) in [4.78, 5) is 0. The van der Waals surface area contributed by atoms with Crippen LogP contribution < -0.4 is 10.5 Å². The van der Waals surface area contributed by atoms with Crippen LogP contribution in [-0.2, 0) is 6.54 Å². The second-order valence-corrected chi connectivity index (χ2v) is 4.00. The van der Waals surface area contributed by atoms with Crippen molar-refractivity contribution in [2.45, 2.75) is 13.5 Å². The third-order valence-corrected chi connectivity index (χ3v) is 2.54. The van der Waals surface area contributed by atoms with E-state index in [1.807, 2.05) is 0 Å². The lowest BCUT2D eigenvalue weighted by Gasteiger charge is -2.09. The SMILES string of the molecule is Cc1ccc(F)c(Oc2ccc(CN)cc2F)c1. The summed E-state index contributed by atoms with van der Waals surface area (Å²) in [7, 11) is 0. The zero-order valence-corrected chi connectivity index (χ0v) is 9.91. The monoisotopic (exact) mass is 249 g/mol. The molecule has 2 aromatic carbocycles. The Kier molecular flexibility index (Phi) is 3.58. The Hall–Kier alpha value is -1.94. The van der Waals surface area contributed by atoms with Crippen LogP contribution >= 0.6 is 0 Å². The van der Waals surface area contributed by atoms with E-state index in [4.69, 9.17) is 10.5 Å². The molecule has 2 rings (SSSR count). The van der Waals surface area contributed by atoms with Gasteiger partial charge in [-0.05, 0) is 42.3 Å². The molecule has 0 saturated heterocycles. The lowest BCUT2D eigenvalue weighted by Crippen LogP contribution is -1.98. The molecule has 2 aromatic rings. The lowest BCUT2D eigenvalue weighted by molar-refractivity contribution is 0.414.